The molecule has 1 amide bonds. The average Bonchev–Trinajstić information content (AvgIpc) is 3.09. The third-order valence-electron chi connectivity index (χ3n) is 8.20. The van der Waals surface area contributed by atoms with Crippen LogP contribution >= 0.6 is 11.8 Å². The molecule has 3 heterocycles. The molecule has 52 heavy (non-hydrogen) atoms. The summed E-state index contributed by atoms with van der Waals surface area (Å²) in [6.07, 6.45) is 1.12. The van der Waals surface area contributed by atoms with Crippen molar-refractivity contribution in [1.29, 1.82) is 0 Å². The van der Waals surface area contributed by atoms with Gasteiger partial charge < -0.3 is 19.7 Å². The monoisotopic (exact) mass is 786 g/mol. The van der Waals surface area contributed by atoms with Gasteiger partial charge in [-0.15, -0.1) is 11.8 Å². The number of fused-ring (bicyclic) bond motifs is 1. The maximum Gasteiger partial charge on any atom is 0.501 e. The van der Waals surface area contributed by atoms with Crippen LogP contribution in [0.15, 0.2) is 69.5 Å². The minimum atomic E-state index is -6.02. The van der Waals surface area contributed by atoms with Gasteiger partial charge in [0.25, 0.3) is 19.9 Å². The van der Waals surface area contributed by atoms with Crippen molar-refractivity contribution in [2.24, 2.45) is 0 Å². The Hall–Kier alpha value is -3.65. The van der Waals surface area contributed by atoms with Gasteiger partial charge in [-0.2, -0.15) is 13.2 Å². The fraction of sp³-hybridized carbons (Fsp3) is 0.485. The van der Waals surface area contributed by atoms with Gasteiger partial charge in [0.05, 0.1) is 36.0 Å². The number of halogens is 3. The Morgan fingerprint density at radius 2 is 1.73 bits per heavy atom. The first-order valence-corrected chi connectivity index (χ1v) is 20.4. The summed E-state index contributed by atoms with van der Waals surface area (Å²) in [5.74, 6) is 0.239. The van der Waals surface area contributed by atoms with Crippen LogP contribution in [0.2, 0.25) is 0 Å². The van der Waals surface area contributed by atoms with Gasteiger partial charge in [-0.1, -0.05) is 18.2 Å². The number of thioether (sulfide) groups is 1. The van der Waals surface area contributed by atoms with Crippen molar-refractivity contribution in [2.75, 3.05) is 55.2 Å². The number of ether oxygens (including phenoxy) is 2. The second-order valence-electron chi connectivity index (χ2n) is 13.2. The Kier molecular flexibility index (Phi) is 12.3. The third kappa shape index (κ3) is 10.1. The molecule has 1 saturated heterocycles. The van der Waals surface area contributed by atoms with Crippen molar-refractivity contribution >= 4 is 49.2 Å². The van der Waals surface area contributed by atoms with Gasteiger partial charge in [-0.05, 0) is 63.9 Å². The molecule has 1 aromatic heterocycles. The van der Waals surface area contributed by atoms with Crippen molar-refractivity contribution in [3.8, 4) is 0 Å². The molecule has 0 spiro atoms. The fourth-order valence-electron chi connectivity index (χ4n) is 5.54. The van der Waals surface area contributed by atoms with Gasteiger partial charge in [0.1, 0.15) is 22.6 Å². The Morgan fingerprint density at radius 3 is 2.40 bits per heavy atom. The molecule has 1 atom stereocenters. The molecule has 5 rings (SSSR count). The highest BCUT2D eigenvalue weighted by molar-refractivity contribution is 7.99. The second-order valence-corrected chi connectivity index (χ2v) is 17.9. The number of hydrogen-bond donors (Lipinski definition) is 2. The number of nitrogens with zero attached hydrogens (tertiary/aromatic N) is 4. The highest BCUT2D eigenvalue weighted by atomic mass is 32.2. The number of nitrogens with one attached hydrogen (secondary N) is 2. The number of sulfonamides is 1. The van der Waals surface area contributed by atoms with E-state index in [1.54, 1.807) is 20.8 Å². The molecule has 19 heteroatoms. The van der Waals surface area contributed by atoms with Crippen molar-refractivity contribution in [3.63, 3.8) is 0 Å². The molecule has 1 fully saturated rings. The molecule has 2 N–H and O–H groups in total. The summed E-state index contributed by atoms with van der Waals surface area (Å²) >= 11 is 1.45. The maximum atomic E-state index is 14.1. The molecule has 2 aliphatic rings. The average molecular weight is 787 g/mol. The standard InChI is InChI=1S/C33H41F3N6O7S3/c1-32(2,3)49-31(43)42-14-12-26-28(20-42)37-22-38-30(26)40-52(46,47)25-9-10-27(29(19-25)51(44,45)33(34,35)36)39-23(11-13-41-15-17-48-18-16-41)21-50-24-7-5-4-6-8-24/h4-10,19,22-23,39H,11-18,20-21H2,1-3H3,(H,37,38,40). The Labute approximate surface area is 305 Å². The number of benzene rings is 2. The third-order valence-corrected chi connectivity index (χ3v) is 12.2. The topological polar surface area (TPSA) is 160 Å². The van der Waals surface area contributed by atoms with Crippen LogP contribution in [0, 0.1) is 0 Å². The fourth-order valence-corrected chi connectivity index (χ4v) is 8.62. The minimum Gasteiger partial charge on any atom is -0.444 e. The van der Waals surface area contributed by atoms with Crippen molar-refractivity contribution in [2.45, 2.75) is 72.0 Å². The van der Waals surface area contributed by atoms with E-state index in [1.165, 1.54) is 16.7 Å². The number of alkyl halides is 3. The number of hydrogen-bond acceptors (Lipinski definition) is 12. The van der Waals surface area contributed by atoms with Crippen LogP contribution in [0.3, 0.4) is 0 Å². The number of sulfone groups is 1. The van der Waals surface area contributed by atoms with Crippen LogP contribution in [0.5, 0.6) is 0 Å². The van der Waals surface area contributed by atoms with Crippen LogP contribution in [0.25, 0.3) is 0 Å². The molecule has 13 nitrogen and oxygen atoms in total. The quantitative estimate of drug-likeness (QED) is 0.233. The largest absolute Gasteiger partial charge is 0.501 e. The second kappa shape index (κ2) is 16.2. The van der Waals surface area contributed by atoms with Gasteiger partial charge in [-0.25, -0.2) is 31.6 Å². The molecule has 2 aromatic carbocycles. The summed E-state index contributed by atoms with van der Waals surface area (Å²) in [4.78, 5) is 23.4. The van der Waals surface area contributed by atoms with Gasteiger partial charge in [0.15, 0.2) is 0 Å². The van der Waals surface area contributed by atoms with E-state index in [4.69, 9.17) is 9.47 Å². The van der Waals surface area contributed by atoms with Gasteiger partial charge in [0, 0.05) is 48.4 Å². The first-order valence-electron chi connectivity index (χ1n) is 16.5. The maximum absolute atomic E-state index is 14.1. The highest BCUT2D eigenvalue weighted by Gasteiger charge is 2.48. The lowest BCUT2D eigenvalue weighted by molar-refractivity contribution is -0.0436. The van der Waals surface area contributed by atoms with Gasteiger partial charge >= 0.3 is 11.6 Å². The molecule has 3 aromatic rings. The first kappa shape index (κ1) is 39.6. The summed E-state index contributed by atoms with van der Waals surface area (Å²) in [7, 11) is -10.7. The molecule has 0 aliphatic carbocycles. The van der Waals surface area contributed by atoms with Crippen molar-refractivity contribution in [1.82, 2.24) is 19.8 Å². The molecular formula is C33H41F3N6O7S3. The number of rotatable bonds is 12. The Balaban J connectivity index is 1.42. The number of carbonyl (C=O) groups excluding carboxylic acids is 1. The summed E-state index contributed by atoms with van der Waals surface area (Å²) in [6.45, 7) is 8.39. The van der Waals surface area contributed by atoms with Crippen LogP contribution in [-0.4, -0.2) is 105 Å². The Bertz CT molecular complexity index is 1940. The lowest BCUT2D eigenvalue weighted by Gasteiger charge is -2.31. The van der Waals surface area contributed by atoms with Crippen molar-refractivity contribution in [3.05, 3.63) is 66.1 Å². The van der Waals surface area contributed by atoms with Crippen molar-refractivity contribution < 1.29 is 44.3 Å². The summed E-state index contributed by atoms with van der Waals surface area (Å²) in [6, 6.07) is 11.4. The summed E-state index contributed by atoms with van der Waals surface area (Å²) in [5, 5.41) is 3.00. The lowest BCUT2D eigenvalue weighted by atomic mass is 10.1. The summed E-state index contributed by atoms with van der Waals surface area (Å²) in [5.41, 5.74) is -6.10. The highest BCUT2D eigenvalue weighted by Crippen LogP contribution is 2.37. The number of carbonyl (C=O) groups is 1. The van der Waals surface area contributed by atoms with Crippen LogP contribution in [-0.2, 0) is 42.3 Å². The van der Waals surface area contributed by atoms with E-state index in [-0.39, 0.29) is 31.0 Å². The van der Waals surface area contributed by atoms with Gasteiger partial charge in [-0.3, -0.25) is 9.62 Å². The van der Waals surface area contributed by atoms with E-state index >= 15 is 0 Å². The Morgan fingerprint density at radius 1 is 1.02 bits per heavy atom. The molecule has 0 saturated carbocycles. The predicted octanol–water partition coefficient (Wildman–Crippen LogP) is 5.16. The number of aromatic nitrogens is 2. The van der Waals surface area contributed by atoms with E-state index in [1.807, 2.05) is 30.3 Å². The molecule has 0 radical (unpaired) electrons. The predicted molar refractivity (Wildman–Crippen MR) is 189 cm³/mol. The minimum absolute atomic E-state index is 0.00506. The van der Waals surface area contributed by atoms with E-state index in [2.05, 4.69) is 24.9 Å². The van der Waals surface area contributed by atoms with E-state index in [0.29, 0.717) is 62.3 Å². The zero-order valence-corrected chi connectivity index (χ0v) is 31.3. The summed E-state index contributed by atoms with van der Waals surface area (Å²) < 4.78 is 109. The van der Waals surface area contributed by atoms with E-state index < -0.39 is 52.9 Å². The van der Waals surface area contributed by atoms with Crippen LogP contribution in [0.1, 0.15) is 38.4 Å². The lowest BCUT2D eigenvalue weighted by Crippen LogP contribution is -2.40. The normalized spacial score (nSPS) is 16.5. The first-order chi connectivity index (χ1) is 24.4. The van der Waals surface area contributed by atoms with Crippen LogP contribution < -0.4 is 10.0 Å². The number of morpholine rings is 1. The van der Waals surface area contributed by atoms with E-state index in [9.17, 15) is 34.8 Å². The smallest absolute Gasteiger partial charge is 0.444 e. The molecule has 2 aliphatic heterocycles. The molecule has 0 bridgehead atoms. The van der Waals surface area contributed by atoms with Gasteiger partial charge in [0.2, 0.25) is 0 Å². The van der Waals surface area contributed by atoms with Crippen LogP contribution in [0.4, 0.5) is 29.5 Å². The van der Waals surface area contributed by atoms with E-state index in [0.717, 1.165) is 23.4 Å². The molecular weight excluding hydrogens is 746 g/mol. The number of anilines is 2. The number of amides is 1. The SMILES string of the molecule is CC(C)(C)OC(=O)N1CCc2c(ncnc2NS(=O)(=O)c2ccc(NC(CCN3CCOCC3)CSc3ccccc3)c(S(=O)(=O)C(F)(F)F)c2)C1. The molecule has 1 unspecified atom stereocenters. The zero-order chi connectivity index (χ0) is 37.7. The molecule has 284 valence electrons. The zero-order valence-electron chi connectivity index (χ0n) is 28.8.